The zero-order valence-corrected chi connectivity index (χ0v) is 15.1. The Morgan fingerprint density at radius 2 is 1.88 bits per heavy atom. The summed E-state index contributed by atoms with van der Waals surface area (Å²) in [5.74, 6) is -0.433. The highest BCUT2D eigenvalue weighted by Crippen LogP contribution is 2.22. The molecule has 132 valence electrons. The highest BCUT2D eigenvalue weighted by atomic mass is 35.5. The second kappa shape index (κ2) is 7.59. The average Bonchev–Trinajstić information content (AvgIpc) is 3.10. The number of nitrogens with zero attached hydrogens (tertiary/aromatic N) is 2. The molecule has 6 nitrogen and oxygen atoms in total. The zero-order valence-electron chi connectivity index (χ0n) is 13.6. The molecule has 0 aliphatic carbocycles. The van der Waals surface area contributed by atoms with E-state index in [2.05, 4.69) is 10.3 Å². The SMILES string of the molecule is Cc1ccc(-c2cc(C(=O)O/N=C(\N)c3ccc(Cl)cc3Cl)no2)cc1. The van der Waals surface area contributed by atoms with Crippen LogP contribution in [0.5, 0.6) is 0 Å². The molecule has 2 aromatic carbocycles. The van der Waals surface area contributed by atoms with E-state index in [1.807, 2.05) is 31.2 Å². The lowest BCUT2D eigenvalue weighted by atomic mass is 10.1. The minimum atomic E-state index is -0.805. The third-order valence-corrected chi connectivity index (χ3v) is 4.04. The van der Waals surface area contributed by atoms with Gasteiger partial charge in [-0.1, -0.05) is 63.3 Å². The van der Waals surface area contributed by atoms with E-state index < -0.39 is 5.97 Å². The summed E-state index contributed by atoms with van der Waals surface area (Å²) in [5, 5.41) is 8.03. The Kier molecular flexibility index (Phi) is 5.25. The van der Waals surface area contributed by atoms with Gasteiger partial charge in [-0.05, 0) is 25.1 Å². The molecule has 2 N–H and O–H groups in total. The standard InChI is InChI=1S/C18H13Cl2N3O3/c1-10-2-4-11(5-3-10)16-9-15(22-25-16)18(24)26-23-17(21)13-7-6-12(19)8-14(13)20/h2-9H,1H3,(H2,21,23). The van der Waals surface area contributed by atoms with Gasteiger partial charge < -0.3 is 15.1 Å². The van der Waals surface area contributed by atoms with Crippen LogP contribution in [-0.2, 0) is 4.84 Å². The van der Waals surface area contributed by atoms with Crippen LogP contribution in [0.4, 0.5) is 0 Å². The summed E-state index contributed by atoms with van der Waals surface area (Å²) in [6, 6.07) is 13.7. The molecule has 3 aromatic rings. The number of nitrogens with two attached hydrogens (primary N) is 1. The third kappa shape index (κ3) is 4.04. The topological polar surface area (TPSA) is 90.7 Å². The molecule has 0 aliphatic heterocycles. The summed E-state index contributed by atoms with van der Waals surface area (Å²) in [7, 11) is 0. The molecule has 0 atom stereocenters. The molecule has 0 saturated carbocycles. The molecule has 0 bridgehead atoms. The van der Waals surface area contributed by atoms with Gasteiger partial charge in [0.1, 0.15) is 0 Å². The van der Waals surface area contributed by atoms with Crippen molar-refractivity contribution in [2.45, 2.75) is 6.92 Å². The number of hydrogen-bond acceptors (Lipinski definition) is 5. The number of rotatable bonds is 4. The number of carbonyl (C=O) groups excluding carboxylic acids is 1. The number of hydrogen-bond donors (Lipinski definition) is 1. The van der Waals surface area contributed by atoms with Gasteiger partial charge in [0.2, 0.25) is 0 Å². The second-order valence-electron chi connectivity index (χ2n) is 5.42. The maximum atomic E-state index is 12.1. The van der Waals surface area contributed by atoms with Crippen LogP contribution in [0.3, 0.4) is 0 Å². The van der Waals surface area contributed by atoms with Crippen molar-refractivity contribution >= 4 is 35.0 Å². The maximum Gasteiger partial charge on any atom is 0.387 e. The number of amidine groups is 1. The van der Waals surface area contributed by atoms with Gasteiger partial charge in [-0.25, -0.2) is 4.79 Å². The van der Waals surface area contributed by atoms with Gasteiger partial charge in [0, 0.05) is 22.2 Å². The smallest absolute Gasteiger partial charge is 0.380 e. The van der Waals surface area contributed by atoms with Gasteiger partial charge in [-0.3, -0.25) is 0 Å². The summed E-state index contributed by atoms with van der Waals surface area (Å²) in [6.45, 7) is 1.97. The molecule has 0 aliphatic rings. The van der Waals surface area contributed by atoms with E-state index in [4.69, 9.17) is 38.3 Å². The van der Waals surface area contributed by atoms with Gasteiger partial charge >= 0.3 is 5.97 Å². The fourth-order valence-corrected chi connectivity index (χ4v) is 2.61. The Bertz CT molecular complexity index is 982. The minimum absolute atomic E-state index is 0.0284. The molecule has 8 heteroatoms. The number of halogens is 2. The molecular weight excluding hydrogens is 377 g/mol. The lowest BCUT2D eigenvalue weighted by Gasteiger charge is -2.03. The molecule has 3 rings (SSSR count). The minimum Gasteiger partial charge on any atom is -0.380 e. The Labute approximate surface area is 159 Å². The van der Waals surface area contributed by atoms with Gasteiger partial charge in [-0.2, -0.15) is 0 Å². The van der Waals surface area contributed by atoms with E-state index in [-0.39, 0.29) is 16.6 Å². The Balaban J connectivity index is 1.73. The van der Waals surface area contributed by atoms with E-state index in [1.165, 1.54) is 12.1 Å². The molecule has 0 amide bonds. The monoisotopic (exact) mass is 389 g/mol. The van der Waals surface area contributed by atoms with E-state index in [0.29, 0.717) is 16.3 Å². The molecular formula is C18H13Cl2N3O3. The van der Waals surface area contributed by atoms with Gasteiger partial charge in [-0.15, -0.1) is 0 Å². The first kappa shape index (κ1) is 18.0. The molecule has 26 heavy (non-hydrogen) atoms. The molecule has 0 spiro atoms. The van der Waals surface area contributed by atoms with Crippen molar-refractivity contribution < 1.29 is 14.2 Å². The van der Waals surface area contributed by atoms with Crippen molar-refractivity contribution in [3.05, 3.63) is 75.4 Å². The lowest BCUT2D eigenvalue weighted by molar-refractivity contribution is 0.0504. The molecule has 1 aromatic heterocycles. The van der Waals surface area contributed by atoms with Crippen molar-refractivity contribution in [1.29, 1.82) is 0 Å². The predicted octanol–water partition coefficient (Wildman–Crippen LogP) is 4.43. The third-order valence-electron chi connectivity index (χ3n) is 3.49. The van der Waals surface area contributed by atoms with Gasteiger partial charge in [0.25, 0.3) is 0 Å². The van der Waals surface area contributed by atoms with E-state index in [0.717, 1.165) is 11.1 Å². The fraction of sp³-hybridized carbons (Fsp3) is 0.0556. The first-order valence-corrected chi connectivity index (χ1v) is 8.23. The normalized spacial score (nSPS) is 11.4. The lowest BCUT2D eigenvalue weighted by Crippen LogP contribution is -2.16. The largest absolute Gasteiger partial charge is 0.387 e. The maximum absolute atomic E-state index is 12.1. The molecule has 0 radical (unpaired) electrons. The number of carbonyl (C=O) groups is 1. The number of aromatic nitrogens is 1. The summed E-state index contributed by atoms with van der Waals surface area (Å²) in [6.07, 6.45) is 0. The molecule has 0 saturated heterocycles. The Morgan fingerprint density at radius 1 is 1.15 bits per heavy atom. The fourth-order valence-electron chi connectivity index (χ4n) is 2.11. The number of benzene rings is 2. The molecule has 0 unspecified atom stereocenters. The zero-order chi connectivity index (χ0) is 18.7. The van der Waals surface area contributed by atoms with Crippen LogP contribution in [0.1, 0.15) is 21.6 Å². The number of oxime groups is 1. The van der Waals surface area contributed by atoms with Crippen LogP contribution in [0.2, 0.25) is 10.0 Å². The van der Waals surface area contributed by atoms with Crippen LogP contribution in [-0.4, -0.2) is 17.0 Å². The van der Waals surface area contributed by atoms with Crippen LogP contribution >= 0.6 is 23.2 Å². The number of aryl methyl sites for hydroxylation is 1. The Morgan fingerprint density at radius 3 is 2.58 bits per heavy atom. The van der Waals surface area contributed by atoms with Crippen molar-refractivity contribution in [1.82, 2.24) is 5.16 Å². The van der Waals surface area contributed by atoms with Crippen LogP contribution < -0.4 is 5.73 Å². The van der Waals surface area contributed by atoms with Crippen molar-refractivity contribution in [2.24, 2.45) is 10.9 Å². The second-order valence-corrected chi connectivity index (χ2v) is 6.27. The van der Waals surface area contributed by atoms with E-state index >= 15 is 0 Å². The first-order chi connectivity index (χ1) is 12.4. The summed E-state index contributed by atoms with van der Waals surface area (Å²) >= 11 is 11.8. The van der Waals surface area contributed by atoms with Gasteiger partial charge in [0.15, 0.2) is 17.3 Å². The van der Waals surface area contributed by atoms with Crippen LogP contribution in [0.15, 0.2) is 58.2 Å². The van der Waals surface area contributed by atoms with Crippen LogP contribution in [0.25, 0.3) is 11.3 Å². The molecule has 0 fully saturated rings. The predicted molar refractivity (Wildman–Crippen MR) is 99.3 cm³/mol. The van der Waals surface area contributed by atoms with Gasteiger partial charge in [0.05, 0.1) is 5.02 Å². The van der Waals surface area contributed by atoms with Crippen molar-refractivity contribution in [3.8, 4) is 11.3 Å². The molecule has 1 heterocycles. The highest BCUT2D eigenvalue weighted by Gasteiger charge is 2.16. The van der Waals surface area contributed by atoms with Crippen molar-refractivity contribution in [2.75, 3.05) is 0 Å². The van der Waals surface area contributed by atoms with Crippen LogP contribution in [0, 0.1) is 6.92 Å². The highest BCUT2D eigenvalue weighted by molar-refractivity contribution is 6.36. The summed E-state index contributed by atoms with van der Waals surface area (Å²) in [5.41, 5.74) is 8.05. The van der Waals surface area contributed by atoms with E-state index in [1.54, 1.807) is 12.1 Å². The summed E-state index contributed by atoms with van der Waals surface area (Å²) in [4.78, 5) is 16.9. The Hall–Kier alpha value is -2.83. The average molecular weight is 390 g/mol. The van der Waals surface area contributed by atoms with Crippen molar-refractivity contribution in [3.63, 3.8) is 0 Å². The first-order valence-electron chi connectivity index (χ1n) is 7.48. The summed E-state index contributed by atoms with van der Waals surface area (Å²) < 4.78 is 5.17. The van der Waals surface area contributed by atoms with E-state index in [9.17, 15) is 4.79 Å². The quantitative estimate of drug-likeness (QED) is 0.308.